The summed E-state index contributed by atoms with van der Waals surface area (Å²) in [6, 6.07) is 1.21. The molecule has 1 N–H and O–H groups in total. The molecule has 1 unspecified atom stereocenters. The van der Waals surface area contributed by atoms with E-state index in [1.807, 2.05) is 0 Å². The third kappa shape index (κ3) is 3.35. The van der Waals surface area contributed by atoms with Crippen LogP contribution in [-0.2, 0) is 4.79 Å². The van der Waals surface area contributed by atoms with Crippen LogP contribution in [0, 0.1) is 0 Å². The van der Waals surface area contributed by atoms with Crippen molar-refractivity contribution in [1.82, 2.24) is 4.90 Å². The van der Waals surface area contributed by atoms with E-state index in [4.69, 9.17) is 5.11 Å². The summed E-state index contributed by atoms with van der Waals surface area (Å²) in [5, 5.41) is 8.59. The summed E-state index contributed by atoms with van der Waals surface area (Å²) in [4.78, 5) is 12.8. The third-order valence-electron chi connectivity index (χ3n) is 2.76. The molecule has 0 bridgehead atoms. The molecule has 0 spiro atoms. The lowest BCUT2D eigenvalue weighted by molar-refractivity contribution is -0.137. The lowest BCUT2D eigenvalue weighted by Gasteiger charge is -2.27. The standard InChI is InChI=1S/C10H19NO2/c1-3-8(2)11(9-4-5-9)7-6-10(12)13/h8-9H,3-7H2,1-2H3,(H,12,13). The summed E-state index contributed by atoms with van der Waals surface area (Å²) in [5.41, 5.74) is 0. The van der Waals surface area contributed by atoms with Gasteiger partial charge in [-0.05, 0) is 26.2 Å². The van der Waals surface area contributed by atoms with Crippen LogP contribution in [0.15, 0.2) is 0 Å². The topological polar surface area (TPSA) is 40.5 Å². The van der Waals surface area contributed by atoms with Gasteiger partial charge in [-0.2, -0.15) is 0 Å². The van der Waals surface area contributed by atoms with Crippen molar-refractivity contribution in [3.8, 4) is 0 Å². The van der Waals surface area contributed by atoms with Crippen LogP contribution in [0.25, 0.3) is 0 Å². The zero-order chi connectivity index (χ0) is 9.84. The molecular weight excluding hydrogens is 166 g/mol. The molecule has 3 heteroatoms. The number of hydrogen-bond donors (Lipinski definition) is 1. The Balaban J connectivity index is 2.33. The predicted molar refractivity (Wildman–Crippen MR) is 51.7 cm³/mol. The van der Waals surface area contributed by atoms with E-state index in [1.54, 1.807) is 0 Å². The number of carboxylic acids is 1. The maximum Gasteiger partial charge on any atom is 0.304 e. The molecule has 0 aromatic rings. The fourth-order valence-corrected chi connectivity index (χ4v) is 1.63. The van der Waals surface area contributed by atoms with Crippen LogP contribution in [0.4, 0.5) is 0 Å². The first-order chi connectivity index (χ1) is 6.15. The molecule has 13 heavy (non-hydrogen) atoms. The second-order valence-electron chi connectivity index (χ2n) is 3.87. The van der Waals surface area contributed by atoms with Crippen molar-refractivity contribution >= 4 is 5.97 Å². The Morgan fingerprint density at radius 1 is 1.62 bits per heavy atom. The maximum absolute atomic E-state index is 10.4. The van der Waals surface area contributed by atoms with Gasteiger partial charge in [-0.1, -0.05) is 6.92 Å². The van der Waals surface area contributed by atoms with Crippen molar-refractivity contribution in [1.29, 1.82) is 0 Å². The largest absolute Gasteiger partial charge is 0.481 e. The summed E-state index contributed by atoms with van der Waals surface area (Å²) in [6.07, 6.45) is 3.89. The van der Waals surface area contributed by atoms with E-state index in [0.29, 0.717) is 12.1 Å². The van der Waals surface area contributed by atoms with Crippen LogP contribution in [0.1, 0.15) is 39.5 Å². The molecule has 0 aromatic heterocycles. The summed E-state index contributed by atoms with van der Waals surface area (Å²) < 4.78 is 0. The molecule has 0 radical (unpaired) electrons. The van der Waals surface area contributed by atoms with Crippen molar-refractivity contribution in [2.45, 2.75) is 51.6 Å². The molecule has 0 saturated heterocycles. The Morgan fingerprint density at radius 3 is 2.62 bits per heavy atom. The molecule has 0 aliphatic heterocycles. The van der Waals surface area contributed by atoms with Gasteiger partial charge < -0.3 is 5.11 Å². The first kappa shape index (κ1) is 10.5. The Hall–Kier alpha value is -0.570. The number of carboxylic acid groups (broad SMARTS) is 1. The Morgan fingerprint density at radius 2 is 2.23 bits per heavy atom. The maximum atomic E-state index is 10.4. The monoisotopic (exact) mass is 185 g/mol. The smallest absolute Gasteiger partial charge is 0.304 e. The van der Waals surface area contributed by atoms with Crippen molar-refractivity contribution in [3.05, 3.63) is 0 Å². The minimum Gasteiger partial charge on any atom is -0.481 e. The highest BCUT2D eigenvalue weighted by Crippen LogP contribution is 2.29. The minimum atomic E-state index is -0.686. The van der Waals surface area contributed by atoms with Crippen LogP contribution in [0.2, 0.25) is 0 Å². The molecule has 0 amide bonds. The van der Waals surface area contributed by atoms with E-state index in [0.717, 1.165) is 13.0 Å². The second-order valence-corrected chi connectivity index (χ2v) is 3.87. The highest BCUT2D eigenvalue weighted by Gasteiger charge is 2.31. The van der Waals surface area contributed by atoms with Gasteiger partial charge in [0.05, 0.1) is 6.42 Å². The van der Waals surface area contributed by atoms with E-state index in [9.17, 15) is 4.79 Å². The average Bonchev–Trinajstić information content (AvgIpc) is 2.87. The molecule has 1 atom stereocenters. The fourth-order valence-electron chi connectivity index (χ4n) is 1.63. The minimum absolute atomic E-state index is 0.279. The molecule has 76 valence electrons. The van der Waals surface area contributed by atoms with Crippen molar-refractivity contribution in [2.24, 2.45) is 0 Å². The first-order valence-electron chi connectivity index (χ1n) is 5.12. The quantitative estimate of drug-likeness (QED) is 0.685. The number of aliphatic carboxylic acids is 1. The Kier molecular flexibility index (Phi) is 3.72. The van der Waals surface area contributed by atoms with Gasteiger partial charge in [0.15, 0.2) is 0 Å². The van der Waals surface area contributed by atoms with Gasteiger partial charge in [-0.25, -0.2) is 0 Å². The SMILES string of the molecule is CCC(C)N(CCC(=O)O)C1CC1. The van der Waals surface area contributed by atoms with Crippen LogP contribution in [0.3, 0.4) is 0 Å². The third-order valence-corrected chi connectivity index (χ3v) is 2.76. The molecule has 0 aromatic carbocycles. The van der Waals surface area contributed by atoms with Gasteiger partial charge in [-0.3, -0.25) is 9.69 Å². The normalized spacial score (nSPS) is 19.0. The molecule has 1 saturated carbocycles. The molecule has 1 rings (SSSR count). The molecule has 1 aliphatic carbocycles. The van der Waals surface area contributed by atoms with E-state index < -0.39 is 5.97 Å². The highest BCUT2D eigenvalue weighted by molar-refractivity contribution is 5.66. The van der Waals surface area contributed by atoms with E-state index in [1.165, 1.54) is 12.8 Å². The second kappa shape index (κ2) is 4.61. The summed E-state index contributed by atoms with van der Waals surface area (Å²) in [6.45, 7) is 5.05. The Bertz CT molecular complexity index is 178. The lowest BCUT2D eigenvalue weighted by atomic mass is 10.2. The lowest BCUT2D eigenvalue weighted by Crippen LogP contribution is -2.36. The number of carbonyl (C=O) groups is 1. The van der Waals surface area contributed by atoms with Gasteiger partial charge in [-0.15, -0.1) is 0 Å². The molecule has 1 fully saturated rings. The number of rotatable bonds is 6. The van der Waals surface area contributed by atoms with Gasteiger partial charge in [0.1, 0.15) is 0 Å². The van der Waals surface area contributed by atoms with Gasteiger partial charge in [0.25, 0.3) is 0 Å². The zero-order valence-electron chi connectivity index (χ0n) is 8.49. The molecule has 0 heterocycles. The Labute approximate surface area is 79.7 Å². The van der Waals surface area contributed by atoms with Crippen molar-refractivity contribution < 1.29 is 9.90 Å². The fraction of sp³-hybridized carbons (Fsp3) is 0.900. The van der Waals surface area contributed by atoms with Crippen LogP contribution in [-0.4, -0.2) is 34.6 Å². The summed E-state index contributed by atoms with van der Waals surface area (Å²) >= 11 is 0. The van der Waals surface area contributed by atoms with E-state index in [-0.39, 0.29) is 6.42 Å². The van der Waals surface area contributed by atoms with Crippen molar-refractivity contribution in [2.75, 3.05) is 6.54 Å². The zero-order valence-corrected chi connectivity index (χ0v) is 8.49. The van der Waals surface area contributed by atoms with Gasteiger partial charge in [0, 0.05) is 18.6 Å². The van der Waals surface area contributed by atoms with Gasteiger partial charge in [0.2, 0.25) is 0 Å². The average molecular weight is 185 g/mol. The van der Waals surface area contributed by atoms with E-state index >= 15 is 0 Å². The van der Waals surface area contributed by atoms with Crippen LogP contribution < -0.4 is 0 Å². The number of nitrogens with zero attached hydrogens (tertiary/aromatic N) is 1. The summed E-state index contributed by atoms with van der Waals surface area (Å²) in [5.74, 6) is -0.686. The predicted octanol–water partition coefficient (Wildman–Crippen LogP) is 1.72. The first-order valence-corrected chi connectivity index (χ1v) is 5.12. The van der Waals surface area contributed by atoms with Crippen molar-refractivity contribution in [3.63, 3.8) is 0 Å². The molecule has 3 nitrogen and oxygen atoms in total. The van der Waals surface area contributed by atoms with Crippen LogP contribution >= 0.6 is 0 Å². The molecular formula is C10H19NO2. The van der Waals surface area contributed by atoms with Crippen LogP contribution in [0.5, 0.6) is 0 Å². The van der Waals surface area contributed by atoms with E-state index in [2.05, 4.69) is 18.7 Å². The van der Waals surface area contributed by atoms with Gasteiger partial charge >= 0.3 is 5.97 Å². The molecule has 1 aliphatic rings. The summed E-state index contributed by atoms with van der Waals surface area (Å²) in [7, 11) is 0. The number of hydrogen-bond acceptors (Lipinski definition) is 2. The highest BCUT2D eigenvalue weighted by atomic mass is 16.4.